The maximum absolute atomic E-state index is 11.5. The van der Waals surface area contributed by atoms with Gasteiger partial charge in [0.15, 0.2) is 0 Å². The Morgan fingerprint density at radius 3 is 2.53 bits per heavy atom. The zero-order valence-electron chi connectivity index (χ0n) is 8.77. The number of carbonyl (C=O) groups is 1. The van der Waals surface area contributed by atoms with Crippen molar-refractivity contribution in [1.82, 2.24) is 0 Å². The van der Waals surface area contributed by atoms with Crippen molar-refractivity contribution in [2.24, 2.45) is 0 Å². The van der Waals surface area contributed by atoms with E-state index in [-0.39, 0.29) is 12.1 Å². The molecule has 1 rings (SSSR count). The molecule has 1 aromatic carbocycles. The third-order valence-electron chi connectivity index (χ3n) is 1.81. The van der Waals surface area contributed by atoms with Crippen LogP contribution in [-0.2, 0) is 9.47 Å². The third-order valence-corrected chi connectivity index (χ3v) is 2.11. The number of benzene rings is 1. The molecule has 0 bridgehead atoms. The number of ether oxygens (including phenoxy) is 2. The van der Waals surface area contributed by atoms with Crippen LogP contribution in [0, 0.1) is 0 Å². The molecule has 0 fully saturated rings. The minimum absolute atomic E-state index is 0.238. The molecule has 0 heterocycles. The third kappa shape index (κ3) is 3.93. The summed E-state index contributed by atoms with van der Waals surface area (Å²) >= 11 is 4.13. The number of carbonyl (C=O) groups excluding carboxylic acids is 1. The van der Waals surface area contributed by atoms with Crippen LogP contribution in [0.1, 0.15) is 17.3 Å². The molecule has 0 N–H and O–H groups in total. The van der Waals surface area contributed by atoms with Gasteiger partial charge in [-0.05, 0) is 31.2 Å². The fourth-order valence-electron chi connectivity index (χ4n) is 1.12. The van der Waals surface area contributed by atoms with Crippen LogP contribution in [0.3, 0.4) is 0 Å². The molecule has 0 spiro atoms. The SMILES string of the molecule is COCC(C)OC(=O)c1ccc(S)cc1. The van der Waals surface area contributed by atoms with Gasteiger partial charge >= 0.3 is 5.97 Å². The van der Waals surface area contributed by atoms with E-state index in [1.807, 2.05) is 0 Å². The van der Waals surface area contributed by atoms with E-state index in [9.17, 15) is 4.79 Å². The zero-order valence-corrected chi connectivity index (χ0v) is 9.66. The average Bonchev–Trinajstić information content (AvgIpc) is 2.18. The summed E-state index contributed by atoms with van der Waals surface area (Å²) in [6.07, 6.45) is -0.238. The predicted octanol–water partition coefficient (Wildman–Crippen LogP) is 2.17. The van der Waals surface area contributed by atoms with Gasteiger partial charge in [-0.3, -0.25) is 0 Å². The van der Waals surface area contributed by atoms with Gasteiger partial charge in [0.2, 0.25) is 0 Å². The van der Waals surface area contributed by atoms with Crippen LogP contribution in [0.5, 0.6) is 0 Å². The predicted molar refractivity (Wildman–Crippen MR) is 60.4 cm³/mol. The fourth-order valence-corrected chi connectivity index (χ4v) is 1.27. The Kier molecular flexibility index (Phi) is 4.65. The Balaban J connectivity index is 2.57. The van der Waals surface area contributed by atoms with E-state index in [0.29, 0.717) is 12.2 Å². The highest BCUT2D eigenvalue weighted by atomic mass is 32.1. The van der Waals surface area contributed by atoms with Gasteiger partial charge in [0.25, 0.3) is 0 Å². The highest BCUT2D eigenvalue weighted by Crippen LogP contribution is 2.09. The Hall–Kier alpha value is -1.00. The van der Waals surface area contributed by atoms with Gasteiger partial charge in [-0.1, -0.05) is 0 Å². The molecule has 1 aromatic rings. The quantitative estimate of drug-likeness (QED) is 0.631. The van der Waals surface area contributed by atoms with E-state index in [2.05, 4.69) is 12.6 Å². The summed E-state index contributed by atoms with van der Waals surface area (Å²) in [7, 11) is 1.57. The van der Waals surface area contributed by atoms with E-state index in [1.54, 1.807) is 38.3 Å². The molecule has 0 aliphatic carbocycles. The van der Waals surface area contributed by atoms with Gasteiger partial charge in [-0.2, -0.15) is 0 Å². The number of rotatable bonds is 4. The van der Waals surface area contributed by atoms with Crippen LogP contribution in [0.4, 0.5) is 0 Å². The molecule has 0 aliphatic rings. The largest absolute Gasteiger partial charge is 0.457 e. The molecule has 0 radical (unpaired) electrons. The molecule has 4 heteroatoms. The molecule has 1 unspecified atom stereocenters. The van der Waals surface area contributed by atoms with Crippen molar-refractivity contribution < 1.29 is 14.3 Å². The van der Waals surface area contributed by atoms with Crippen LogP contribution in [0.2, 0.25) is 0 Å². The zero-order chi connectivity index (χ0) is 11.3. The maximum Gasteiger partial charge on any atom is 0.338 e. The van der Waals surface area contributed by atoms with Gasteiger partial charge in [-0.15, -0.1) is 12.6 Å². The first-order chi connectivity index (χ1) is 7.13. The second kappa shape index (κ2) is 5.78. The summed E-state index contributed by atoms with van der Waals surface area (Å²) in [4.78, 5) is 12.4. The lowest BCUT2D eigenvalue weighted by Gasteiger charge is -2.11. The summed E-state index contributed by atoms with van der Waals surface area (Å²) in [5.74, 6) is -0.340. The normalized spacial score (nSPS) is 12.2. The summed E-state index contributed by atoms with van der Waals surface area (Å²) < 4.78 is 10.00. The minimum Gasteiger partial charge on any atom is -0.457 e. The Morgan fingerprint density at radius 1 is 1.40 bits per heavy atom. The van der Waals surface area contributed by atoms with Crippen LogP contribution in [-0.4, -0.2) is 25.8 Å². The highest BCUT2D eigenvalue weighted by molar-refractivity contribution is 7.80. The van der Waals surface area contributed by atoms with Gasteiger partial charge in [-0.25, -0.2) is 4.79 Å². The Morgan fingerprint density at radius 2 is 2.00 bits per heavy atom. The molecule has 3 nitrogen and oxygen atoms in total. The first kappa shape index (κ1) is 12.1. The van der Waals surface area contributed by atoms with Crippen molar-refractivity contribution in [3.05, 3.63) is 29.8 Å². The summed E-state index contributed by atoms with van der Waals surface area (Å²) in [6, 6.07) is 6.87. The van der Waals surface area contributed by atoms with E-state index in [1.165, 1.54) is 0 Å². The molecular formula is C11H14O3S. The number of esters is 1. The van der Waals surface area contributed by atoms with Gasteiger partial charge in [0.05, 0.1) is 12.2 Å². The number of hydrogen-bond donors (Lipinski definition) is 1. The Labute approximate surface area is 94.8 Å². The van der Waals surface area contributed by atoms with E-state index < -0.39 is 0 Å². The summed E-state index contributed by atoms with van der Waals surface area (Å²) in [5.41, 5.74) is 0.524. The molecule has 0 amide bonds. The topological polar surface area (TPSA) is 35.5 Å². The number of thiol groups is 1. The van der Waals surface area contributed by atoms with Gasteiger partial charge in [0.1, 0.15) is 6.10 Å². The molecule has 82 valence electrons. The van der Waals surface area contributed by atoms with Crippen molar-refractivity contribution in [1.29, 1.82) is 0 Å². The van der Waals surface area contributed by atoms with Crippen molar-refractivity contribution in [3.8, 4) is 0 Å². The highest BCUT2D eigenvalue weighted by Gasteiger charge is 2.11. The molecule has 1 atom stereocenters. The first-order valence-electron chi connectivity index (χ1n) is 4.62. The van der Waals surface area contributed by atoms with Crippen molar-refractivity contribution in [2.45, 2.75) is 17.9 Å². The molecular weight excluding hydrogens is 212 g/mol. The number of methoxy groups -OCH3 is 1. The maximum atomic E-state index is 11.5. The van der Waals surface area contributed by atoms with E-state index in [0.717, 1.165) is 4.90 Å². The monoisotopic (exact) mass is 226 g/mol. The van der Waals surface area contributed by atoms with Crippen molar-refractivity contribution >= 4 is 18.6 Å². The fraction of sp³-hybridized carbons (Fsp3) is 0.364. The molecule has 0 saturated carbocycles. The van der Waals surface area contributed by atoms with Crippen LogP contribution in [0.15, 0.2) is 29.2 Å². The minimum atomic E-state index is -0.340. The average molecular weight is 226 g/mol. The second-order valence-corrected chi connectivity index (χ2v) is 3.73. The van der Waals surface area contributed by atoms with Crippen molar-refractivity contribution in [2.75, 3.05) is 13.7 Å². The summed E-state index contributed by atoms with van der Waals surface area (Å²) in [5, 5.41) is 0. The van der Waals surface area contributed by atoms with E-state index >= 15 is 0 Å². The standard InChI is InChI=1S/C11H14O3S/c1-8(7-13-2)14-11(12)9-3-5-10(15)6-4-9/h3-6,8,15H,7H2,1-2H3. The van der Waals surface area contributed by atoms with Crippen LogP contribution < -0.4 is 0 Å². The van der Waals surface area contributed by atoms with Gasteiger partial charge < -0.3 is 9.47 Å². The van der Waals surface area contributed by atoms with Gasteiger partial charge in [0, 0.05) is 12.0 Å². The Bertz CT molecular complexity index is 321. The summed E-state index contributed by atoms with van der Waals surface area (Å²) in [6.45, 7) is 2.19. The first-order valence-corrected chi connectivity index (χ1v) is 5.07. The lowest BCUT2D eigenvalue weighted by Crippen LogP contribution is -2.19. The lowest BCUT2D eigenvalue weighted by molar-refractivity contribution is 0.0120. The molecule has 15 heavy (non-hydrogen) atoms. The molecule has 0 saturated heterocycles. The van der Waals surface area contributed by atoms with E-state index in [4.69, 9.17) is 9.47 Å². The molecule has 0 aliphatic heterocycles. The molecule has 0 aromatic heterocycles. The van der Waals surface area contributed by atoms with Crippen molar-refractivity contribution in [3.63, 3.8) is 0 Å². The smallest absolute Gasteiger partial charge is 0.338 e. The van der Waals surface area contributed by atoms with Crippen LogP contribution in [0.25, 0.3) is 0 Å². The second-order valence-electron chi connectivity index (χ2n) is 3.22. The van der Waals surface area contributed by atoms with Crippen LogP contribution >= 0.6 is 12.6 Å². The number of hydrogen-bond acceptors (Lipinski definition) is 4. The lowest BCUT2D eigenvalue weighted by atomic mass is 10.2.